The van der Waals surface area contributed by atoms with Crippen LogP contribution >= 0.6 is 0 Å². The van der Waals surface area contributed by atoms with Gasteiger partial charge < -0.3 is 4.90 Å². The molecule has 4 nitrogen and oxygen atoms in total. The van der Waals surface area contributed by atoms with E-state index in [9.17, 15) is 0 Å². The Morgan fingerprint density at radius 3 is 2.04 bits per heavy atom. The number of fused-ring (bicyclic) bond motifs is 7. The third-order valence-electron chi connectivity index (χ3n) is 11.6. The third-order valence-corrected chi connectivity index (χ3v) is 11.6. The molecule has 0 saturated carbocycles. The molecular weight excluding hydrogens is 669 g/mol. The molecule has 0 fully saturated rings. The molecule has 1 aliphatic carbocycles. The van der Waals surface area contributed by atoms with Crippen LogP contribution in [0.25, 0.3) is 55.2 Å². The number of hydrogen-bond donors (Lipinski definition) is 0. The predicted molar refractivity (Wildman–Crippen MR) is 228 cm³/mol. The topological polar surface area (TPSA) is 32.3 Å². The van der Waals surface area contributed by atoms with Crippen molar-refractivity contribution < 1.29 is 0 Å². The highest BCUT2D eigenvalue weighted by atomic mass is 15.2. The van der Waals surface area contributed by atoms with Gasteiger partial charge in [0.05, 0.1) is 28.0 Å². The van der Waals surface area contributed by atoms with E-state index in [0.29, 0.717) is 0 Å². The second kappa shape index (κ2) is 12.0. The molecule has 2 aliphatic rings. The zero-order chi connectivity index (χ0) is 36.7. The summed E-state index contributed by atoms with van der Waals surface area (Å²) in [5.74, 6) is 0.899. The van der Waals surface area contributed by atoms with Crippen LogP contribution in [0.4, 0.5) is 34.3 Å². The Hall–Kier alpha value is -7.04. The average molecular weight is 705 g/mol. The van der Waals surface area contributed by atoms with Gasteiger partial charge >= 0.3 is 0 Å². The number of aromatic nitrogens is 2. The number of para-hydroxylation sites is 2. The lowest BCUT2D eigenvalue weighted by molar-refractivity contribution is 0.660. The first-order valence-electron chi connectivity index (χ1n) is 18.9. The van der Waals surface area contributed by atoms with Gasteiger partial charge in [-0.15, -0.1) is 0 Å². The molecule has 7 aromatic carbocycles. The monoisotopic (exact) mass is 704 g/mol. The van der Waals surface area contributed by atoms with E-state index in [2.05, 4.69) is 200 Å². The smallest absolute Gasteiger partial charge is 0.148 e. The molecule has 0 N–H and O–H groups in total. The van der Waals surface area contributed by atoms with E-state index in [0.717, 1.165) is 67.2 Å². The second-order valence-electron chi connectivity index (χ2n) is 15.0. The largest absolute Gasteiger partial charge is 0.310 e. The van der Waals surface area contributed by atoms with Gasteiger partial charge in [-0.3, -0.25) is 9.88 Å². The first kappa shape index (κ1) is 31.5. The van der Waals surface area contributed by atoms with Crippen LogP contribution in [0.5, 0.6) is 0 Å². The maximum Gasteiger partial charge on any atom is 0.148 e. The maximum atomic E-state index is 5.46. The second-order valence-corrected chi connectivity index (χ2v) is 15.0. The van der Waals surface area contributed by atoms with E-state index in [1.807, 2.05) is 6.20 Å². The molecule has 0 atom stereocenters. The Labute approximate surface area is 320 Å². The van der Waals surface area contributed by atoms with Crippen LogP contribution in [0, 0.1) is 0 Å². The Morgan fingerprint density at radius 1 is 0.545 bits per heavy atom. The lowest BCUT2D eigenvalue weighted by atomic mass is 9.82. The van der Waals surface area contributed by atoms with Gasteiger partial charge in [-0.1, -0.05) is 129 Å². The molecule has 9 aromatic rings. The van der Waals surface area contributed by atoms with Gasteiger partial charge in [0.25, 0.3) is 0 Å². The maximum absolute atomic E-state index is 5.46. The number of nitrogens with zero attached hydrogens (tertiary/aromatic N) is 4. The molecule has 4 heteroatoms. The van der Waals surface area contributed by atoms with E-state index in [4.69, 9.17) is 9.97 Å². The van der Waals surface area contributed by atoms with Crippen LogP contribution < -0.4 is 9.80 Å². The minimum absolute atomic E-state index is 0.122. The highest BCUT2D eigenvalue weighted by Gasteiger charge is 2.38. The quantitative estimate of drug-likeness (QED) is 0.167. The van der Waals surface area contributed by atoms with Crippen molar-refractivity contribution in [2.75, 3.05) is 9.80 Å². The summed E-state index contributed by atoms with van der Waals surface area (Å²) in [5, 5.41) is 3.28. The van der Waals surface area contributed by atoms with Crippen LogP contribution in [-0.2, 0) is 5.41 Å². The first-order valence-corrected chi connectivity index (χ1v) is 18.9. The van der Waals surface area contributed by atoms with Gasteiger partial charge in [-0.25, -0.2) is 4.98 Å². The predicted octanol–water partition coefficient (Wildman–Crippen LogP) is 13.7. The molecule has 0 saturated heterocycles. The fourth-order valence-corrected chi connectivity index (χ4v) is 9.03. The molecule has 3 heterocycles. The average Bonchev–Trinajstić information content (AvgIpc) is 3.48. The number of anilines is 6. The van der Waals surface area contributed by atoms with Crippen LogP contribution in [0.3, 0.4) is 0 Å². The summed E-state index contributed by atoms with van der Waals surface area (Å²) < 4.78 is 0. The summed E-state index contributed by atoms with van der Waals surface area (Å²) in [6.07, 6.45) is 1.95. The number of pyridine rings is 2. The van der Waals surface area contributed by atoms with Crippen LogP contribution in [0.1, 0.15) is 25.0 Å². The molecule has 0 unspecified atom stereocenters. The van der Waals surface area contributed by atoms with E-state index in [1.54, 1.807) is 0 Å². The standard InChI is InChI=1S/C51H36N4/c1-51(2)42-20-11-9-18-39(42)47-43(51)21-13-23-46(47)54(36-26-24-34(25-27-36)33-14-5-3-6-15-33)37-28-29-44-41(32-37)38-30-31-52-49-40-19-10-12-22-45(40)55(50(53-44)48(38)49)35-16-7-4-8-17-35/h3-32H,1-2H3. The Morgan fingerprint density at radius 2 is 1.22 bits per heavy atom. The van der Waals surface area contributed by atoms with E-state index < -0.39 is 0 Å². The van der Waals surface area contributed by atoms with Gasteiger partial charge in [0.2, 0.25) is 0 Å². The number of rotatable bonds is 5. The summed E-state index contributed by atoms with van der Waals surface area (Å²) in [5.41, 5.74) is 16.0. The summed E-state index contributed by atoms with van der Waals surface area (Å²) in [6.45, 7) is 4.69. The van der Waals surface area contributed by atoms with Crippen LogP contribution in [-0.4, -0.2) is 9.97 Å². The van der Waals surface area contributed by atoms with Crippen molar-refractivity contribution in [2.45, 2.75) is 19.3 Å². The highest BCUT2D eigenvalue weighted by molar-refractivity contribution is 6.19. The number of benzene rings is 7. The zero-order valence-electron chi connectivity index (χ0n) is 30.6. The van der Waals surface area contributed by atoms with Crippen LogP contribution in [0.15, 0.2) is 182 Å². The fourth-order valence-electron chi connectivity index (χ4n) is 9.03. The van der Waals surface area contributed by atoms with Gasteiger partial charge in [0.1, 0.15) is 5.82 Å². The van der Waals surface area contributed by atoms with Gasteiger partial charge in [-0.2, -0.15) is 0 Å². The van der Waals surface area contributed by atoms with E-state index >= 15 is 0 Å². The first-order chi connectivity index (χ1) is 27.1. The van der Waals surface area contributed by atoms with E-state index in [-0.39, 0.29) is 5.41 Å². The minimum Gasteiger partial charge on any atom is -0.310 e. The summed E-state index contributed by atoms with van der Waals surface area (Å²) in [7, 11) is 0. The Kier molecular flexibility index (Phi) is 6.86. The number of hydrogen-bond acceptors (Lipinski definition) is 4. The van der Waals surface area contributed by atoms with Gasteiger partial charge in [0.15, 0.2) is 0 Å². The Balaban J connectivity index is 1.16. The van der Waals surface area contributed by atoms with Crippen molar-refractivity contribution in [3.8, 4) is 33.5 Å². The fraction of sp³-hybridized carbons (Fsp3) is 0.0588. The van der Waals surface area contributed by atoms with Gasteiger partial charge in [0, 0.05) is 45.2 Å². The Bertz CT molecular complexity index is 2950. The lowest BCUT2D eigenvalue weighted by Crippen LogP contribution is -2.17. The minimum atomic E-state index is -0.122. The molecule has 0 radical (unpaired) electrons. The molecule has 55 heavy (non-hydrogen) atoms. The summed E-state index contributed by atoms with van der Waals surface area (Å²) in [4.78, 5) is 15.2. The van der Waals surface area contributed by atoms with E-state index in [1.165, 1.54) is 33.4 Å². The van der Waals surface area contributed by atoms with Crippen molar-refractivity contribution in [1.29, 1.82) is 0 Å². The van der Waals surface area contributed by atoms with Crippen molar-refractivity contribution in [3.63, 3.8) is 0 Å². The molecular formula is C51H36N4. The van der Waals surface area contributed by atoms with Crippen molar-refractivity contribution in [2.24, 2.45) is 0 Å². The normalized spacial score (nSPS) is 13.4. The molecule has 260 valence electrons. The van der Waals surface area contributed by atoms with Gasteiger partial charge in [-0.05, 0) is 93.9 Å². The lowest BCUT2D eigenvalue weighted by Gasteiger charge is -2.32. The molecule has 0 spiro atoms. The van der Waals surface area contributed by atoms with Crippen molar-refractivity contribution >= 4 is 55.9 Å². The molecule has 1 aliphatic heterocycles. The summed E-state index contributed by atoms with van der Waals surface area (Å²) >= 11 is 0. The third kappa shape index (κ3) is 4.71. The SMILES string of the molecule is CC1(C)c2ccccc2-c2c(N(c3ccc(-c4ccccc4)cc3)c3ccc4nc5c6c(nccc6c4c3)-c3ccccc3N5c3ccccc3)cccc21. The highest BCUT2D eigenvalue weighted by Crippen LogP contribution is 2.55. The molecule has 0 bridgehead atoms. The van der Waals surface area contributed by atoms with Crippen molar-refractivity contribution in [3.05, 3.63) is 193 Å². The van der Waals surface area contributed by atoms with Crippen molar-refractivity contribution in [1.82, 2.24) is 9.97 Å². The zero-order valence-corrected chi connectivity index (χ0v) is 30.6. The molecule has 2 aromatic heterocycles. The molecule has 0 amide bonds. The summed E-state index contributed by atoms with van der Waals surface area (Å²) in [6, 6.07) is 63.2. The van der Waals surface area contributed by atoms with Crippen LogP contribution in [0.2, 0.25) is 0 Å². The molecule has 11 rings (SSSR count).